The van der Waals surface area contributed by atoms with Gasteiger partial charge < -0.3 is 29.7 Å². The van der Waals surface area contributed by atoms with E-state index >= 15 is 0 Å². The van der Waals surface area contributed by atoms with Crippen LogP contribution in [-0.2, 0) is 0 Å². The van der Waals surface area contributed by atoms with Gasteiger partial charge in [-0.1, -0.05) is 31.0 Å². The third kappa shape index (κ3) is 9.67. The molecule has 2 amide bonds. The van der Waals surface area contributed by atoms with E-state index in [1.807, 2.05) is 32.0 Å². The number of hydrogen-bond acceptors (Lipinski definition) is 9. The van der Waals surface area contributed by atoms with Gasteiger partial charge in [0.15, 0.2) is 0 Å². The Morgan fingerprint density at radius 2 is 1.57 bits per heavy atom. The number of anilines is 4. The highest BCUT2D eigenvalue weighted by Crippen LogP contribution is 2.39. The van der Waals surface area contributed by atoms with Crippen LogP contribution in [0.5, 0.6) is 17.4 Å². The van der Waals surface area contributed by atoms with Crippen molar-refractivity contribution in [2.24, 2.45) is 0 Å². The summed E-state index contributed by atoms with van der Waals surface area (Å²) in [5, 5.41) is 6.09. The van der Waals surface area contributed by atoms with Crippen molar-refractivity contribution in [3.05, 3.63) is 89.6 Å². The zero-order chi connectivity index (χ0) is 33.8. The molecule has 1 aromatic heterocycles. The number of carbonyl (C=O) groups is 2. The van der Waals surface area contributed by atoms with Gasteiger partial charge in [0.05, 0.1) is 25.6 Å². The summed E-state index contributed by atoms with van der Waals surface area (Å²) < 4.78 is 16.8. The van der Waals surface area contributed by atoms with E-state index in [-0.39, 0.29) is 17.7 Å². The second-order valence-electron chi connectivity index (χ2n) is 11.4. The predicted octanol–water partition coefficient (Wildman–Crippen LogP) is 7.04. The molecule has 4 aromatic rings. The van der Waals surface area contributed by atoms with Crippen molar-refractivity contribution >= 4 is 35.0 Å². The average Bonchev–Trinajstić information content (AvgIpc) is 3.06. The van der Waals surface area contributed by atoms with Crippen molar-refractivity contribution in [2.45, 2.75) is 39.5 Å². The largest absolute Gasteiger partial charge is 0.497 e. The standard InChI is InChI=1S/C36H44N6O5/c1-25-12-11-13-26(2)33(25)42(30-19-18-29(45-5)24-31(30)46-6)36(44)47-32-20-22-38-35(40-32)39-28-16-14-27(15-17-28)34(43)37-21-9-7-8-10-23-41(3)4/h11-20,22,24H,7-10,21,23H2,1-6H3,(H,37,43)(H,38,39,40). The maximum absolute atomic E-state index is 13.9. The van der Waals surface area contributed by atoms with Gasteiger partial charge in [0.1, 0.15) is 11.5 Å². The molecular weight excluding hydrogens is 596 g/mol. The monoisotopic (exact) mass is 640 g/mol. The highest BCUT2D eigenvalue weighted by Gasteiger charge is 2.27. The number of aryl methyl sites for hydroxylation is 2. The molecule has 0 aliphatic carbocycles. The lowest BCUT2D eigenvalue weighted by Gasteiger charge is -2.27. The van der Waals surface area contributed by atoms with Gasteiger partial charge in [0.25, 0.3) is 5.91 Å². The summed E-state index contributed by atoms with van der Waals surface area (Å²) in [6, 6.07) is 19.5. The number of nitrogens with one attached hydrogen (secondary N) is 2. The van der Waals surface area contributed by atoms with Crippen LogP contribution in [0.25, 0.3) is 0 Å². The van der Waals surface area contributed by atoms with Gasteiger partial charge in [-0.15, -0.1) is 0 Å². The van der Waals surface area contributed by atoms with Gasteiger partial charge in [-0.3, -0.25) is 4.79 Å². The first kappa shape index (κ1) is 34.7. The van der Waals surface area contributed by atoms with Crippen molar-refractivity contribution in [1.29, 1.82) is 0 Å². The lowest BCUT2D eigenvalue weighted by atomic mass is 10.1. The normalized spacial score (nSPS) is 10.8. The summed E-state index contributed by atoms with van der Waals surface area (Å²) in [6.45, 7) is 5.58. The summed E-state index contributed by atoms with van der Waals surface area (Å²) in [7, 11) is 7.25. The fraction of sp³-hybridized carbons (Fsp3) is 0.333. The minimum atomic E-state index is -0.681. The summed E-state index contributed by atoms with van der Waals surface area (Å²) in [5.41, 5.74) is 4.12. The molecule has 11 heteroatoms. The minimum absolute atomic E-state index is 0.0499. The molecule has 0 unspecified atom stereocenters. The number of hydrogen-bond donors (Lipinski definition) is 2. The van der Waals surface area contributed by atoms with Crippen LogP contribution in [-0.4, -0.2) is 68.3 Å². The Hall–Kier alpha value is -5.16. The first-order valence-corrected chi connectivity index (χ1v) is 15.6. The van der Waals surface area contributed by atoms with Crippen LogP contribution in [0.2, 0.25) is 0 Å². The quantitative estimate of drug-likeness (QED) is 0.132. The lowest BCUT2D eigenvalue weighted by Crippen LogP contribution is -2.31. The zero-order valence-electron chi connectivity index (χ0n) is 28.0. The third-order valence-electron chi connectivity index (χ3n) is 7.52. The van der Waals surface area contributed by atoms with Crippen LogP contribution >= 0.6 is 0 Å². The number of aromatic nitrogens is 2. The summed E-state index contributed by atoms with van der Waals surface area (Å²) in [6.07, 6.45) is 5.17. The summed E-state index contributed by atoms with van der Waals surface area (Å²) >= 11 is 0. The Morgan fingerprint density at radius 1 is 0.851 bits per heavy atom. The molecule has 0 aliphatic heterocycles. The molecule has 0 radical (unpaired) electrons. The fourth-order valence-electron chi connectivity index (χ4n) is 5.08. The zero-order valence-corrected chi connectivity index (χ0v) is 28.0. The molecule has 0 bridgehead atoms. The van der Waals surface area contributed by atoms with Crippen LogP contribution in [0.4, 0.5) is 27.8 Å². The van der Waals surface area contributed by atoms with Gasteiger partial charge in [-0.2, -0.15) is 4.98 Å². The molecule has 11 nitrogen and oxygen atoms in total. The number of ether oxygens (including phenoxy) is 3. The average molecular weight is 641 g/mol. The van der Waals surface area contributed by atoms with Crippen molar-refractivity contribution in [3.8, 4) is 17.4 Å². The van der Waals surface area contributed by atoms with Crippen molar-refractivity contribution in [2.75, 3.05) is 51.6 Å². The second kappa shape index (κ2) is 17.0. The fourth-order valence-corrected chi connectivity index (χ4v) is 5.08. The SMILES string of the molecule is COc1ccc(N(C(=O)Oc2ccnc(Nc3ccc(C(=O)NCCCCCCN(C)C)cc3)n2)c2c(C)cccc2C)c(OC)c1. The summed E-state index contributed by atoms with van der Waals surface area (Å²) in [4.78, 5) is 38.8. The number of amides is 2. The van der Waals surface area contributed by atoms with E-state index in [0.29, 0.717) is 40.7 Å². The van der Waals surface area contributed by atoms with Gasteiger partial charge in [0, 0.05) is 36.1 Å². The van der Waals surface area contributed by atoms with Crippen LogP contribution in [0.3, 0.4) is 0 Å². The molecule has 1 heterocycles. The Kier molecular flexibility index (Phi) is 12.5. The van der Waals surface area contributed by atoms with E-state index in [4.69, 9.17) is 14.2 Å². The molecule has 248 valence electrons. The van der Waals surface area contributed by atoms with Crippen molar-refractivity contribution in [1.82, 2.24) is 20.2 Å². The number of rotatable bonds is 15. The molecule has 0 atom stereocenters. The third-order valence-corrected chi connectivity index (χ3v) is 7.52. The highest BCUT2D eigenvalue weighted by molar-refractivity contribution is 6.00. The van der Waals surface area contributed by atoms with E-state index < -0.39 is 6.09 Å². The lowest BCUT2D eigenvalue weighted by molar-refractivity contribution is 0.0953. The highest BCUT2D eigenvalue weighted by atomic mass is 16.6. The number of para-hydroxylation sites is 1. The molecule has 4 rings (SSSR count). The second-order valence-corrected chi connectivity index (χ2v) is 11.4. The first-order chi connectivity index (χ1) is 22.7. The first-order valence-electron chi connectivity index (χ1n) is 15.6. The number of benzene rings is 3. The molecule has 0 saturated heterocycles. The molecule has 2 N–H and O–H groups in total. The Morgan fingerprint density at radius 3 is 2.26 bits per heavy atom. The molecule has 47 heavy (non-hydrogen) atoms. The number of unbranched alkanes of at least 4 members (excludes halogenated alkanes) is 3. The molecule has 0 spiro atoms. The van der Waals surface area contributed by atoms with Gasteiger partial charge in [-0.25, -0.2) is 14.7 Å². The molecule has 3 aromatic carbocycles. The maximum atomic E-state index is 13.9. The van der Waals surface area contributed by atoms with Crippen LogP contribution in [0, 0.1) is 13.8 Å². The maximum Gasteiger partial charge on any atom is 0.425 e. The number of nitrogens with zero attached hydrogens (tertiary/aromatic N) is 4. The van der Waals surface area contributed by atoms with Gasteiger partial charge in [-0.05, 0) is 94.9 Å². The van der Waals surface area contributed by atoms with Gasteiger partial charge in [0.2, 0.25) is 11.8 Å². The van der Waals surface area contributed by atoms with E-state index in [9.17, 15) is 9.59 Å². The number of carbonyl (C=O) groups excluding carboxylic acids is 2. The van der Waals surface area contributed by atoms with E-state index in [2.05, 4.69) is 39.6 Å². The van der Waals surface area contributed by atoms with Gasteiger partial charge >= 0.3 is 6.09 Å². The van der Waals surface area contributed by atoms with E-state index in [1.165, 1.54) is 24.3 Å². The predicted molar refractivity (Wildman–Crippen MR) is 185 cm³/mol. The van der Waals surface area contributed by atoms with Crippen LogP contribution < -0.4 is 29.7 Å². The Bertz CT molecular complexity index is 1620. The van der Waals surface area contributed by atoms with Crippen molar-refractivity contribution in [3.63, 3.8) is 0 Å². The smallest absolute Gasteiger partial charge is 0.425 e. The molecule has 0 saturated carbocycles. The topological polar surface area (TPSA) is 118 Å². The molecule has 0 fully saturated rings. The summed E-state index contributed by atoms with van der Waals surface area (Å²) in [5.74, 6) is 1.18. The Labute approximate surface area is 276 Å². The Balaban J connectivity index is 1.43. The van der Waals surface area contributed by atoms with E-state index in [0.717, 1.165) is 43.4 Å². The minimum Gasteiger partial charge on any atom is -0.497 e. The number of methoxy groups -OCH3 is 2. The molecule has 0 aliphatic rings. The van der Waals surface area contributed by atoms with Crippen molar-refractivity contribution < 1.29 is 23.8 Å². The van der Waals surface area contributed by atoms with Crippen LogP contribution in [0.15, 0.2) is 72.9 Å². The van der Waals surface area contributed by atoms with Crippen LogP contribution in [0.1, 0.15) is 47.2 Å². The van der Waals surface area contributed by atoms with E-state index in [1.54, 1.807) is 49.6 Å². The molecular formula is C36H44N6O5.